The van der Waals surface area contributed by atoms with E-state index in [4.69, 9.17) is 0 Å². The van der Waals surface area contributed by atoms with Crippen LogP contribution in [0.5, 0.6) is 0 Å². The molecule has 3 rings (SSSR count). The van der Waals surface area contributed by atoms with Crippen LogP contribution in [0.15, 0.2) is 54.6 Å². The molecule has 1 aliphatic rings. The molecule has 1 saturated heterocycles. The van der Waals surface area contributed by atoms with Gasteiger partial charge in [0.25, 0.3) is 0 Å². The van der Waals surface area contributed by atoms with Gasteiger partial charge in [0.1, 0.15) is 6.10 Å². The fraction of sp³-hybridized carbons (Fsp3) is 0.333. The van der Waals surface area contributed by atoms with Gasteiger partial charge in [-0.3, -0.25) is 0 Å². The van der Waals surface area contributed by atoms with E-state index >= 15 is 0 Å². The van der Waals surface area contributed by atoms with E-state index in [2.05, 4.69) is 0 Å². The quantitative estimate of drug-likeness (QED) is 0.911. The van der Waals surface area contributed by atoms with Crippen molar-refractivity contribution in [3.63, 3.8) is 0 Å². The molecule has 3 heteroatoms. The maximum absolute atomic E-state index is 11.0. The molecule has 2 nitrogen and oxygen atoms in total. The molecule has 1 unspecified atom stereocenters. The molecule has 110 valence electrons. The van der Waals surface area contributed by atoms with E-state index in [0.29, 0.717) is 0 Å². The Hall–Kier alpha value is -1.29. The van der Waals surface area contributed by atoms with Gasteiger partial charge in [-0.05, 0) is 41.0 Å². The molecule has 2 aromatic rings. The standard InChI is InChI=1S/C18H20O2S/c19-17(14-6-2-1-3-7-14)15-8-4-5-9-16(15)18(20)10-12-21-13-11-18/h1-9,17,19-20H,10-13H2. The predicted molar refractivity (Wildman–Crippen MR) is 87.4 cm³/mol. The molecule has 0 aromatic heterocycles. The third kappa shape index (κ3) is 3.00. The van der Waals surface area contributed by atoms with Crippen molar-refractivity contribution in [1.82, 2.24) is 0 Å². The molecular weight excluding hydrogens is 280 g/mol. The molecule has 0 saturated carbocycles. The normalized spacial score (nSPS) is 19.1. The van der Waals surface area contributed by atoms with E-state index in [1.165, 1.54) is 0 Å². The fourth-order valence-electron chi connectivity index (χ4n) is 2.95. The van der Waals surface area contributed by atoms with Gasteiger partial charge in [0, 0.05) is 0 Å². The number of aliphatic hydroxyl groups excluding tert-OH is 1. The largest absolute Gasteiger partial charge is 0.385 e. The summed E-state index contributed by atoms with van der Waals surface area (Å²) >= 11 is 1.88. The van der Waals surface area contributed by atoms with E-state index in [9.17, 15) is 10.2 Å². The van der Waals surface area contributed by atoms with E-state index in [-0.39, 0.29) is 0 Å². The van der Waals surface area contributed by atoms with Crippen molar-refractivity contribution in [2.24, 2.45) is 0 Å². The zero-order valence-corrected chi connectivity index (χ0v) is 12.7. The van der Waals surface area contributed by atoms with Crippen LogP contribution < -0.4 is 0 Å². The van der Waals surface area contributed by atoms with Crippen LogP contribution in [-0.4, -0.2) is 21.7 Å². The minimum absolute atomic E-state index is 0.694. The van der Waals surface area contributed by atoms with Crippen LogP contribution in [0.2, 0.25) is 0 Å². The predicted octanol–water partition coefficient (Wildman–Crippen LogP) is 3.48. The number of aliphatic hydroxyl groups is 2. The average Bonchev–Trinajstić information content (AvgIpc) is 2.56. The van der Waals surface area contributed by atoms with E-state index in [1.807, 2.05) is 66.4 Å². The highest BCUT2D eigenvalue weighted by molar-refractivity contribution is 7.99. The van der Waals surface area contributed by atoms with Crippen LogP contribution in [0.25, 0.3) is 0 Å². The smallest absolute Gasteiger partial charge is 0.104 e. The van der Waals surface area contributed by atoms with Crippen molar-refractivity contribution in [2.75, 3.05) is 11.5 Å². The molecule has 2 N–H and O–H groups in total. The molecule has 1 atom stereocenters. The van der Waals surface area contributed by atoms with Crippen LogP contribution >= 0.6 is 11.8 Å². The van der Waals surface area contributed by atoms with Gasteiger partial charge in [-0.15, -0.1) is 0 Å². The molecular formula is C18H20O2S. The summed E-state index contributed by atoms with van der Waals surface area (Å²) in [4.78, 5) is 0. The Kier molecular flexibility index (Phi) is 4.34. The molecule has 0 radical (unpaired) electrons. The topological polar surface area (TPSA) is 40.5 Å². The van der Waals surface area contributed by atoms with E-state index in [0.717, 1.165) is 41.0 Å². The van der Waals surface area contributed by atoms with Gasteiger partial charge in [0.15, 0.2) is 0 Å². The maximum Gasteiger partial charge on any atom is 0.104 e. The second-order valence-corrected chi connectivity index (χ2v) is 6.77. The molecule has 1 heterocycles. The number of hydrogen-bond acceptors (Lipinski definition) is 3. The van der Waals surface area contributed by atoms with Crippen LogP contribution in [0.4, 0.5) is 0 Å². The molecule has 1 fully saturated rings. The molecule has 1 aliphatic heterocycles. The highest BCUT2D eigenvalue weighted by Crippen LogP contribution is 2.40. The summed E-state index contributed by atoms with van der Waals surface area (Å²) < 4.78 is 0. The fourth-order valence-corrected chi connectivity index (χ4v) is 4.12. The van der Waals surface area contributed by atoms with Crippen LogP contribution in [0.3, 0.4) is 0 Å². The molecule has 0 amide bonds. The van der Waals surface area contributed by atoms with Gasteiger partial charge in [0.05, 0.1) is 5.60 Å². The van der Waals surface area contributed by atoms with Gasteiger partial charge in [0.2, 0.25) is 0 Å². The van der Waals surface area contributed by atoms with E-state index < -0.39 is 11.7 Å². The minimum atomic E-state index is -0.808. The van der Waals surface area contributed by atoms with Crippen molar-refractivity contribution in [2.45, 2.75) is 24.5 Å². The summed E-state index contributed by atoms with van der Waals surface area (Å²) in [6.07, 6.45) is 0.799. The van der Waals surface area contributed by atoms with Crippen LogP contribution in [0.1, 0.15) is 35.6 Å². The van der Waals surface area contributed by atoms with Gasteiger partial charge < -0.3 is 10.2 Å². The first-order chi connectivity index (χ1) is 10.2. The van der Waals surface area contributed by atoms with Gasteiger partial charge in [-0.25, -0.2) is 0 Å². The summed E-state index contributed by atoms with van der Waals surface area (Å²) in [5, 5.41) is 21.7. The summed E-state index contributed by atoms with van der Waals surface area (Å²) in [6.45, 7) is 0. The minimum Gasteiger partial charge on any atom is -0.385 e. The second kappa shape index (κ2) is 6.22. The third-order valence-corrected chi connectivity index (χ3v) is 5.18. The van der Waals surface area contributed by atoms with E-state index in [1.54, 1.807) is 0 Å². The zero-order chi connectivity index (χ0) is 14.7. The number of thioether (sulfide) groups is 1. The van der Waals surface area contributed by atoms with Crippen LogP contribution in [0, 0.1) is 0 Å². The monoisotopic (exact) mass is 300 g/mol. The Morgan fingerprint density at radius 2 is 1.52 bits per heavy atom. The Bertz CT molecular complexity index is 591. The first-order valence-corrected chi connectivity index (χ1v) is 8.49. The third-order valence-electron chi connectivity index (χ3n) is 4.19. The lowest BCUT2D eigenvalue weighted by Gasteiger charge is -2.34. The molecule has 0 aliphatic carbocycles. The Balaban J connectivity index is 2.00. The van der Waals surface area contributed by atoms with Crippen molar-refractivity contribution in [3.05, 3.63) is 71.3 Å². The Morgan fingerprint density at radius 1 is 0.905 bits per heavy atom. The second-order valence-electron chi connectivity index (χ2n) is 5.54. The lowest BCUT2D eigenvalue weighted by Crippen LogP contribution is -2.32. The maximum atomic E-state index is 11.0. The average molecular weight is 300 g/mol. The van der Waals surface area contributed by atoms with Crippen molar-refractivity contribution in [1.29, 1.82) is 0 Å². The highest BCUT2D eigenvalue weighted by Gasteiger charge is 2.34. The lowest BCUT2D eigenvalue weighted by molar-refractivity contribution is 0.0252. The van der Waals surface area contributed by atoms with Crippen LogP contribution in [-0.2, 0) is 5.60 Å². The molecule has 0 bridgehead atoms. The van der Waals surface area contributed by atoms with Crippen molar-refractivity contribution < 1.29 is 10.2 Å². The van der Waals surface area contributed by atoms with Crippen molar-refractivity contribution in [3.8, 4) is 0 Å². The number of rotatable bonds is 3. The first-order valence-electron chi connectivity index (χ1n) is 7.33. The molecule has 0 spiro atoms. The Morgan fingerprint density at radius 3 is 2.24 bits per heavy atom. The summed E-state index contributed by atoms with van der Waals surface area (Å²) in [7, 11) is 0. The zero-order valence-electron chi connectivity index (χ0n) is 11.9. The van der Waals surface area contributed by atoms with Gasteiger partial charge in [-0.1, -0.05) is 54.6 Å². The molecule has 21 heavy (non-hydrogen) atoms. The molecule has 2 aromatic carbocycles. The van der Waals surface area contributed by atoms with Gasteiger partial charge >= 0.3 is 0 Å². The van der Waals surface area contributed by atoms with Crippen molar-refractivity contribution >= 4 is 11.8 Å². The lowest BCUT2D eigenvalue weighted by atomic mass is 9.82. The number of benzene rings is 2. The van der Waals surface area contributed by atoms with Gasteiger partial charge in [-0.2, -0.15) is 11.8 Å². The first kappa shape index (κ1) is 14.6. The summed E-state index contributed by atoms with van der Waals surface area (Å²) in [5.74, 6) is 1.93. The highest BCUT2D eigenvalue weighted by atomic mass is 32.2. The summed E-state index contributed by atoms with van der Waals surface area (Å²) in [6, 6.07) is 17.4. The Labute approximate surface area is 129 Å². The number of hydrogen-bond donors (Lipinski definition) is 2. The summed E-state index contributed by atoms with van der Waals surface area (Å²) in [5.41, 5.74) is 1.75. The SMILES string of the molecule is OC(c1ccccc1)c1ccccc1C1(O)CCSCC1.